The zero-order chi connectivity index (χ0) is 19.6. The lowest BCUT2D eigenvalue weighted by molar-refractivity contribution is -0.387. The standard InChI is InChI=1S/C19H23N3O4S/c1-15-5-3-6-16(13-15)14-20-9-11-21(12-10-20)17-7-4-8-18(27(2,25)26)19(17)22(23)24/h3-8,13H,9-12,14H2,1-2H3. The van der Waals surface area contributed by atoms with E-state index in [1.807, 2.05) is 11.0 Å². The molecule has 0 spiro atoms. The van der Waals surface area contributed by atoms with Gasteiger partial charge in [-0.25, -0.2) is 8.42 Å². The Hall–Kier alpha value is -2.45. The number of hydrogen-bond donors (Lipinski definition) is 0. The van der Waals surface area contributed by atoms with Crippen molar-refractivity contribution in [3.05, 3.63) is 63.7 Å². The van der Waals surface area contributed by atoms with E-state index in [0.717, 1.165) is 25.9 Å². The molecule has 1 fully saturated rings. The van der Waals surface area contributed by atoms with Crippen LogP contribution in [0, 0.1) is 17.0 Å². The van der Waals surface area contributed by atoms with Crippen molar-refractivity contribution >= 4 is 21.2 Å². The van der Waals surface area contributed by atoms with Gasteiger partial charge in [0.05, 0.1) is 4.92 Å². The van der Waals surface area contributed by atoms with Crippen LogP contribution in [-0.2, 0) is 16.4 Å². The molecule has 3 rings (SSSR count). The molecule has 27 heavy (non-hydrogen) atoms. The fraction of sp³-hybridized carbons (Fsp3) is 0.368. The monoisotopic (exact) mass is 389 g/mol. The van der Waals surface area contributed by atoms with Gasteiger partial charge in [-0.15, -0.1) is 0 Å². The number of nitro benzene ring substituents is 1. The molecule has 2 aromatic carbocycles. The number of hydrogen-bond acceptors (Lipinski definition) is 6. The van der Waals surface area contributed by atoms with Gasteiger partial charge in [-0.1, -0.05) is 35.9 Å². The highest BCUT2D eigenvalue weighted by Gasteiger charge is 2.30. The molecule has 0 aromatic heterocycles. The molecule has 7 nitrogen and oxygen atoms in total. The van der Waals surface area contributed by atoms with Crippen LogP contribution in [0.2, 0.25) is 0 Å². The number of aryl methyl sites for hydroxylation is 1. The first kappa shape index (κ1) is 19.3. The van der Waals surface area contributed by atoms with Crippen molar-refractivity contribution in [2.75, 3.05) is 37.3 Å². The smallest absolute Gasteiger partial charge is 0.311 e. The number of para-hydroxylation sites is 1. The minimum Gasteiger partial charge on any atom is -0.363 e. The highest BCUT2D eigenvalue weighted by atomic mass is 32.2. The molecular weight excluding hydrogens is 366 g/mol. The van der Waals surface area contributed by atoms with Crippen molar-refractivity contribution in [2.24, 2.45) is 0 Å². The molecule has 1 aliphatic heterocycles. The third-order valence-corrected chi connectivity index (χ3v) is 5.89. The second kappa shape index (κ2) is 7.66. The van der Waals surface area contributed by atoms with Crippen LogP contribution in [0.15, 0.2) is 47.4 Å². The third-order valence-electron chi connectivity index (χ3n) is 4.76. The lowest BCUT2D eigenvalue weighted by atomic mass is 10.1. The summed E-state index contributed by atoms with van der Waals surface area (Å²) >= 11 is 0. The summed E-state index contributed by atoms with van der Waals surface area (Å²) in [5.74, 6) is 0. The van der Waals surface area contributed by atoms with Gasteiger partial charge in [-0.05, 0) is 24.6 Å². The van der Waals surface area contributed by atoms with E-state index in [2.05, 4.69) is 30.0 Å². The van der Waals surface area contributed by atoms with Crippen LogP contribution in [0.1, 0.15) is 11.1 Å². The number of rotatable bonds is 5. The first-order valence-corrected chi connectivity index (χ1v) is 10.6. The lowest BCUT2D eigenvalue weighted by Gasteiger charge is -2.36. The van der Waals surface area contributed by atoms with Gasteiger partial charge in [0, 0.05) is 39.0 Å². The zero-order valence-corrected chi connectivity index (χ0v) is 16.3. The largest absolute Gasteiger partial charge is 0.363 e. The van der Waals surface area contributed by atoms with E-state index in [1.165, 1.54) is 17.2 Å². The fourth-order valence-corrected chi connectivity index (χ4v) is 4.32. The molecule has 0 amide bonds. The van der Waals surface area contributed by atoms with Crippen molar-refractivity contribution in [1.29, 1.82) is 0 Å². The number of benzene rings is 2. The van der Waals surface area contributed by atoms with E-state index in [-0.39, 0.29) is 10.6 Å². The summed E-state index contributed by atoms with van der Waals surface area (Å²) in [7, 11) is -3.67. The fourth-order valence-electron chi connectivity index (χ4n) is 3.46. The van der Waals surface area contributed by atoms with Gasteiger partial charge in [0.1, 0.15) is 10.6 Å². The molecule has 0 aliphatic carbocycles. The lowest BCUT2D eigenvalue weighted by Crippen LogP contribution is -2.46. The maximum absolute atomic E-state index is 11.9. The van der Waals surface area contributed by atoms with E-state index in [1.54, 1.807) is 12.1 Å². The second-order valence-corrected chi connectivity index (χ2v) is 8.89. The van der Waals surface area contributed by atoms with Crippen molar-refractivity contribution in [3.63, 3.8) is 0 Å². The maximum Gasteiger partial charge on any atom is 0.311 e. The van der Waals surface area contributed by atoms with E-state index in [4.69, 9.17) is 0 Å². The molecule has 0 unspecified atom stereocenters. The van der Waals surface area contributed by atoms with Gasteiger partial charge in [-0.2, -0.15) is 0 Å². The number of nitrogens with zero attached hydrogens (tertiary/aromatic N) is 3. The van der Waals surface area contributed by atoms with Crippen LogP contribution in [0.25, 0.3) is 0 Å². The van der Waals surface area contributed by atoms with E-state index >= 15 is 0 Å². The predicted molar refractivity (Wildman–Crippen MR) is 105 cm³/mol. The first-order valence-electron chi connectivity index (χ1n) is 8.76. The Morgan fingerprint density at radius 3 is 2.33 bits per heavy atom. The molecule has 2 aromatic rings. The first-order chi connectivity index (χ1) is 12.8. The van der Waals surface area contributed by atoms with Crippen LogP contribution >= 0.6 is 0 Å². The normalized spacial score (nSPS) is 15.7. The molecule has 0 saturated carbocycles. The summed E-state index contributed by atoms with van der Waals surface area (Å²) in [6, 6.07) is 12.9. The van der Waals surface area contributed by atoms with Gasteiger partial charge < -0.3 is 4.90 Å². The predicted octanol–water partition coefficient (Wildman–Crippen LogP) is 2.63. The number of nitro groups is 1. The molecule has 1 heterocycles. The van der Waals surface area contributed by atoms with Crippen LogP contribution in [0.5, 0.6) is 0 Å². The minimum absolute atomic E-state index is 0.229. The summed E-state index contributed by atoms with van der Waals surface area (Å²) in [6.07, 6.45) is 0.999. The Kier molecular flexibility index (Phi) is 5.48. The van der Waals surface area contributed by atoms with Crippen molar-refractivity contribution in [3.8, 4) is 0 Å². The van der Waals surface area contributed by atoms with Crippen molar-refractivity contribution in [2.45, 2.75) is 18.4 Å². The molecule has 0 N–H and O–H groups in total. The molecule has 0 atom stereocenters. The Morgan fingerprint density at radius 2 is 1.74 bits per heavy atom. The Morgan fingerprint density at radius 1 is 1.07 bits per heavy atom. The molecule has 144 valence electrons. The molecule has 8 heteroatoms. The van der Waals surface area contributed by atoms with Crippen molar-refractivity contribution in [1.82, 2.24) is 4.90 Å². The molecule has 1 aliphatic rings. The van der Waals surface area contributed by atoms with E-state index in [0.29, 0.717) is 18.8 Å². The topological polar surface area (TPSA) is 83.8 Å². The number of piperazine rings is 1. The van der Waals surface area contributed by atoms with Crippen LogP contribution in [0.3, 0.4) is 0 Å². The second-order valence-electron chi connectivity index (χ2n) is 6.91. The summed E-state index contributed by atoms with van der Waals surface area (Å²) in [5, 5.41) is 11.6. The third kappa shape index (κ3) is 4.45. The minimum atomic E-state index is -3.67. The average Bonchev–Trinajstić information content (AvgIpc) is 2.61. The van der Waals surface area contributed by atoms with Gasteiger partial charge in [-0.3, -0.25) is 15.0 Å². The van der Waals surface area contributed by atoms with E-state index in [9.17, 15) is 18.5 Å². The number of anilines is 1. The van der Waals surface area contributed by atoms with Gasteiger partial charge >= 0.3 is 5.69 Å². The summed E-state index contributed by atoms with van der Waals surface area (Å²) in [5.41, 5.74) is 2.51. The highest BCUT2D eigenvalue weighted by Crippen LogP contribution is 2.35. The summed E-state index contributed by atoms with van der Waals surface area (Å²) in [6.45, 7) is 5.64. The molecule has 0 radical (unpaired) electrons. The van der Waals surface area contributed by atoms with E-state index < -0.39 is 14.8 Å². The van der Waals surface area contributed by atoms with Gasteiger partial charge in [0.15, 0.2) is 9.84 Å². The van der Waals surface area contributed by atoms with Crippen molar-refractivity contribution < 1.29 is 13.3 Å². The Labute approximate surface area is 159 Å². The maximum atomic E-state index is 11.9. The summed E-state index contributed by atoms with van der Waals surface area (Å²) < 4.78 is 23.9. The summed E-state index contributed by atoms with van der Waals surface area (Å²) in [4.78, 5) is 15.0. The zero-order valence-electron chi connectivity index (χ0n) is 15.5. The van der Waals surface area contributed by atoms with Gasteiger partial charge in [0.25, 0.3) is 0 Å². The van der Waals surface area contributed by atoms with Crippen LogP contribution < -0.4 is 4.90 Å². The molecule has 0 bridgehead atoms. The Bertz CT molecular complexity index is 951. The number of sulfone groups is 1. The highest BCUT2D eigenvalue weighted by molar-refractivity contribution is 7.90. The van der Waals surface area contributed by atoms with Crippen LogP contribution in [-0.4, -0.2) is 50.7 Å². The van der Waals surface area contributed by atoms with Crippen LogP contribution in [0.4, 0.5) is 11.4 Å². The molecule has 1 saturated heterocycles. The van der Waals surface area contributed by atoms with Gasteiger partial charge in [0.2, 0.25) is 0 Å². The Balaban J connectivity index is 1.77. The average molecular weight is 389 g/mol. The quantitative estimate of drug-likeness (QED) is 0.577. The SMILES string of the molecule is Cc1cccc(CN2CCN(c3cccc(S(C)(=O)=O)c3[N+](=O)[O-])CC2)c1. The molecular formula is C19H23N3O4S.